The average Bonchev–Trinajstić information content (AvgIpc) is 2.90. The molecule has 0 spiro atoms. The SMILES string of the molecule is Cc1c(Br)c(=O)c(CNC2CCc3ccccc3NC2=O)nn1-c1ccccc1. The van der Waals surface area contributed by atoms with Gasteiger partial charge in [0.2, 0.25) is 11.3 Å². The molecule has 0 saturated carbocycles. The number of hydrogen-bond acceptors (Lipinski definition) is 4. The molecule has 0 radical (unpaired) electrons. The highest BCUT2D eigenvalue weighted by atomic mass is 79.9. The summed E-state index contributed by atoms with van der Waals surface area (Å²) < 4.78 is 2.22. The van der Waals surface area contributed by atoms with Crippen LogP contribution in [0.2, 0.25) is 0 Å². The zero-order valence-corrected chi connectivity index (χ0v) is 17.6. The largest absolute Gasteiger partial charge is 0.324 e. The molecule has 148 valence electrons. The highest BCUT2D eigenvalue weighted by Crippen LogP contribution is 2.22. The number of amides is 1. The summed E-state index contributed by atoms with van der Waals surface area (Å²) in [5.41, 5.74) is 3.76. The molecule has 1 unspecified atom stereocenters. The lowest BCUT2D eigenvalue weighted by molar-refractivity contribution is -0.118. The number of aryl methyl sites for hydroxylation is 1. The fourth-order valence-corrected chi connectivity index (χ4v) is 3.88. The van der Waals surface area contributed by atoms with Crippen LogP contribution in [0.1, 0.15) is 23.4 Å². The molecule has 1 aliphatic rings. The predicted molar refractivity (Wildman–Crippen MR) is 116 cm³/mol. The minimum atomic E-state index is -0.395. The zero-order chi connectivity index (χ0) is 20.4. The number of nitrogens with one attached hydrogen (secondary N) is 2. The van der Waals surface area contributed by atoms with Crippen LogP contribution in [-0.2, 0) is 17.8 Å². The molecule has 2 aromatic carbocycles. The second-order valence-corrected chi connectivity index (χ2v) is 7.83. The third-order valence-corrected chi connectivity index (χ3v) is 6.06. The normalized spacial score (nSPS) is 16.1. The molecule has 6 nitrogen and oxygen atoms in total. The summed E-state index contributed by atoms with van der Waals surface area (Å²) in [5.74, 6) is -0.0930. The Balaban J connectivity index is 1.57. The molecule has 3 aromatic rings. The Morgan fingerprint density at radius 1 is 1.14 bits per heavy atom. The van der Waals surface area contributed by atoms with Gasteiger partial charge in [-0.1, -0.05) is 36.4 Å². The topological polar surface area (TPSA) is 76.0 Å². The van der Waals surface area contributed by atoms with Gasteiger partial charge in [-0.25, -0.2) is 4.68 Å². The molecular weight excluding hydrogens is 432 g/mol. The van der Waals surface area contributed by atoms with Crippen molar-refractivity contribution in [3.8, 4) is 5.69 Å². The van der Waals surface area contributed by atoms with E-state index in [0.29, 0.717) is 16.6 Å². The van der Waals surface area contributed by atoms with Crippen molar-refractivity contribution >= 4 is 27.5 Å². The molecule has 29 heavy (non-hydrogen) atoms. The Morgan fingerprint density at radius 3 is 2.66 bits per heavy atom. The molecule has 0 aliphatic carbocycles. The van der Waals surface area contributed by atoms with Gasteiger partial charge in [-0.05, 0) is 59.5 Å². The van der Waals surface area contributed by atoms with Gasteiger partial charge < -0.3 is 5.32 Å². The molecule has 4 rings (SSSR count). The van der Waals surface area contributed by atoms with Gasteiger partial charge in [0.05, 0.1) is 21.9 Å². The van der Waals surface area contributed by atoms with E-state index in [-0.39, 0.29) is 17.9 Å². The molecule has 7 heteroatoms. The van der Waals surface area contributed by atoms with Gasteiger partial charge in [0.25, 0.3) is 0 Å². The predicted octanol–water partition coefficient (Wildman–Crippen LogP) is 3.35. The lowest BCUT2D eigenvalue weighted by Crippen LogP contribution is -2.40. The Morgan fingerprint density at radius 2 is 1.86 bits per heavy atom. The molecule has 1 atom stereocenters. The van der Waals surface area contributed by atoms with E-state index in [4.69, 9.17) is 0 Å². The van der Waals surface area contributed by atoms with Gasteiger partial charge >= 0.3 is 0 Å². The van der Waals surface area contributed by atoms with Crippen LogP contribution >= 0.6 is 15.9 Å². The van der Waals surface area contributed by atoms with E-state index in [1.807, 2.05) is 61.5 Å². The highest BCUT2D eigenvalue weighted by molar-refractivity contribution is 9.10. The number of hydrogen-bond donors (Lipinski definition) is 2. The molecule has 2 heterocycles. The average molecular weight is 453 g/mol. The van der Waals surface area contributed by atoms with Crippen LogP contribution in [0, 0.1) is 6.92 Å². The molecule has 0 bridgehead atoms. The number of aromatic nitrogens is 2. The third-order valence-electron chi connectivity index (χ3n) is 5.13. The van der Waals surface area contributed by atoms with Crippen molar-refractivity contribution in [2.75, 3.05) is 5.32 Å². The summed E-state index contributed by atoms with van der Waals surface area (Å²) in [7, 11) is 0. The maximum absolute atomic E-state index is 12.7. The Kier molecular flexibility index (Phi) is 5.60. The van der Waals surface area contributed by atoms with Crippen LogP contribution in [0.5, 0.6) is 0 Å². The van der Waals surface area contributed by atoms with Gasteiger partial charge in [0.1, 0.15) is 5.69 Å². The fraction of sp³-hybridized carbons (Fsp3) is 0.227. The van der Waals surface area contributed by atoms with Crippen LogP contribution < -0.4 is 16.1 Å². The van der Waals surface area contributed by atoms with Gasteiger partial charge in [0, 0.05) is 12.2 Å². The number of carbonyl (C=O) groups is 1. The molecule has 1 aliphatic heterocycles. The van der Waals surface area contributed by atoms with Crippen molar-refractivity contribution < 1.29 is 4.79 Å². The Bertz CT molecular complexity index is 1110. The third kappa shape index (κ3) is 4.02. The minimum absolute atomic E-state index is 0.0930. The first-order valence-electron chi connectivity index (χ1n) is 9.50. The summed E-state index contributed by atoms with van der Waals surface area (Å²) in [6.45, 7) is 2.05. The maximum Gasteiger partial charge on any atom is 0.241 e. The second kappa shape index (κ2) is 8.31. The lowest BCUT2D eigenvalue weighted by Gasteiger charge is -2.17. The van der Waals surface area contributed by atoms with E-state index >= 15 is 0 Å². The number of benzene rings is 2. The monoisotopic (exact) mass is 452 g/mol. The van der Waals surface area contributed by atoms with Crippen LogP contribution in [0.25, 0.3) is 5.69 Å². The van der Waals surface area contributed by atoms with Gasteiger partial charge in [0.15, 0.2) is 0 Å². The van der Waals surface area contributed by atoms with Gasteiger partial charge in [-0.15, -0.1) is 0 Å². The number of halogens is 1. The van der Waals surface area contributed by atoms with Gasteiger partial charge in [-0.3, -0.25) is 14.9 Å². The van der Waals surface area contributed by atoms with Crippen molar-refractivity contribution in [1.82, 2.24) is 15.1 Å². The number of nitrogens with zero attached hydrogens (tertiary/aromatic N) is 2. The van der Waals surface area contributed by atoms with E-state index < -0.39 is 6.04 Å². The van der Waals surface area contributed by atoms with Crippen LogP contribution in [0.4, 0.5) is 5.69 Å². The molecule has 1 amide bonds. The molecule has 0 saturated heterocycles. The van der Waals surface area contributed by atoms with Crippen molar-refractivity contribution in [2.24, 2.45) is 0 Å². The van der Waals surface area contributed by atoms with E-state index in [1.54, 1.807) is 4.68 Å². The Labute approximate surface area is 177 Å². The minimum Gasteiger partial charge on any atom is -0.324 e. The van der Waals surface area contributed by atoms with Crippen molar-refractivity contribution in [3.05, 3.63) is 86.2 Å². The smallest absolute Gasteiger partial charge is 0.241 e. The van der Waals surface area contributed by atoms with Crippen LogP contribution in [0.15, 0.2) is 63.9 Å². The highest BCUT2D eigenvalue weighted by Gasteiger charge is 2.24. The van der Waals surface area contributed by atoms with Crippen molar-refractivity contribution in [1.29, 1.82) is 0 Å². The number of anilines is 1. The van der Waals surface area contributed by atoms with Gasteiger partial charge in [-0.2, -0.15) is 5.10 Å². The summed E-state index contributed by atoms with van der Waals surface area (Å²) >= 11 is 3.41. The van der Waals surface area contributed by atoms with Crippen LogP contribution in [-0.4, -0.2) is 21.7 Å². The molecular formula is C22H21BrN4O2. The summed E-state index contributed by atoms with van der Waals surface area (Å²) in [6, 6.07) is 17.1. The fourth-order valence-electron chi connectivity index (χ4n) is 3.49. The first-order valence-corrected chi connectivity index (χ1v) is 10.3. The number of rotatable bonds is 4. The first kappa shape index (κ1) is 19.5. The number of fused-ring (bicyclic) bond motifs is 1. The zero-order valence-electron chi connectivity index (χ0n) is 16.0. The summed E-state index contributed by atoms with van der Waals surface area (Å²) in [5, 5.41) is 10.7. The number of carbonyl (C=O) groups excluding carboxylic acids is 1. The maximum atomic E-state index is 12.7. The second-order valence-electron chi connectivity index (χ2n) is 7.04. The van der Waals surface area contributed by atoms with E-state index in [9.17, 15) is 9.59 Å². The van der Waals surface area contributed by atoms with Crippen molar-refractivity contribution in [2.45, 2.75) is 32.4 Å². The lowest BCUT2D eigenvalue weighted by atomic mass is 10.1. The van der Waals surface area contributed by atoms with E-state index in [1.165, 1.54) is 0 Å². The molecule has 0 fully saturated rings. The standard InChI is InChI=1S/C22H21BrN4O2/c1-14-20(23)21(28)19(26-27(14)16-8-3-2-4-9-16)13-24-18-12-11-15-7-5-6-10-17(15)25-22(18)29/h2-10,18,24H,11-13H2,1H3,(H,25,29). The van der Waals surface area contributed by atoms with Crippen molar-refractivity contribution in [3.63, 3.8) is 0 Å². The van der Waals surface area contributed by atoms with E-state index in [2.05, 4.69) is 31.7 Å². The Hall–Kier alpha value is -2.77. The quantitative estimate of drug-likeness (QED) is 0.636. The number of para-hydroxylation sites is 2. The van der Waals surface area contributed by atoms with E-state index in [0.717, 1.165) is 29.1 Å². The summed E-state index contributed by atoms with van der Waals surface area (Å²) in [6.07, 6.45) is 1.44. The molecule has 1 aromatic heterocycles. The molecule has 2 N–H and O–H groups in total. The summed E-state index contributed by atoms with van der Waals surface area (Å²) in [4.78, 5) is 25.3. The first-order chi connectivity index (χ1) is 14.0. The van der Waals surface area contributed by atoms with Crippen LogP contribution in [0.3, 0.4) is 0 Å².